The van der Waals surface area contributed by atoms with Crippen LogP contribution in [0.1, 0.15) is 20.3 Å². The van der Waals surface area contributed by atoms with Crippen molar-refractivity contribution in [2.24, 2.45) is 10.9 Å². The minimum Gasteiger partial charge on any atom is -0.254 e. The predicted molar refractivity (Wildman–Crippen MR) is 54.9 cm³/mol. The fraction of sp³-hybridized carbons (Fsp3) is 0.444. The molecule has 0 rings (SSSR count). The van der Waals surface area contributed by atoms with Crippen LogP contribution in [0, 0.1) is 5.92 Å². The molecule has 0 spiro atoms. The maximum atomic E-state index is 4.16. The largest absolute Gasteiger partial charge is 0.254 e. The van der Waals surface area contributed by atoms with E-state index in [1.807, 2.05) is 0 Å². The van der Waals surface area contributed by atoms with Crippen molar-refractivity contribution in [3.63, 3.8) is 0 Å². The molecular weight excluding hydrogens is 154 g/mol. The SMILES string of the molecule is C=C/N=C(\SC=C)C(C)CC. The van der Waals surface area contributed by atoms with Gasteiger partial charge in [-0.2, -0.15) is 0 Å². The lowest BCUT2D eigenvalue weighted by molar-refractivity contribution is 0.750. The second kappa shape index (κ2) is 6.23. The first-order chi connectivity index (χ1) is 5.26. The highest BCUT2D eigenvalue weighted by Gasteiger charge is 2.05. The maximum absolute atomic E-state index is 4.16. The molecule has 0 N–H and O–H groups in total. The Hall–Kier alpha value is -0.500. The van der Waals surface area contributed by atoms with Crippen molar-refractivity contribution >= 4 is 16.8 Å². The van der Waals surface area contributed by atoms with E-state index in [4.69, 9.17) is 0 Å². The molecule has 62 valence electrons. The molecule has 0 fully saturated rings. The average Bonchev–Trinajstić information content (AvgIpc) is 2.03. The Morgan fingerprint density at radius 2 is 2.27 bits per heavy atom. The highest BCUT2D eigenvalue weighted by atomic mass is 32.2. The summed E-state index contributed by atoms with van der Waals surface area (Å²) < 4.78 is 0. The predicted octanol–water partition coefficient (Wildman–Crippen LogP) is 3.45. The molecule has 0 bridgehead atoms. The average molecular weight is 169 g/mol. The summed E-state index contributed by atoms with van der Waals surface area (Å²) in [4.78, 5) is 4.16. The number of hydrogen-bond donors (Lipinski definition) is 0. The number of aliphatic imine (C=N–C) groups is 1. The van der Waals surface area contributed by atoms with Crippen molar-refractivity contribution in [1.82, 2.24) is 0 Å². The molecule has 0 saturated carbocycles. The zero-order chi connectivity index (χ0) is 8.69. The second-order valence-electron chi connectivity index (χ2n) is 2.24. The van der Waals surface area contributed by atoms with E-state index in [0.717, 1.165) is 11.5 Å². The Balaban J connectivity index is 4.19. The second-order valence-corrected chi connectivity index (χ2v) is 3.23. The van der Waals surface area contributed by atoms with Crippen LogP contribution in [-0.2, 0) is 0 Å². The summed E-state index contributed by atoms with van der Waals surface area (Å²) in [5.74, 6) is 0.510. The number of hydrogen-bond acceptors (Lipinski definition) is 2. The highest BCUT2D eigenvalue weighted by Crippen LogP contribution is 2.16. The molecule has 0 aliphatic heterocycles. The van der Waals surface area contributed by atoms with Gasteiger partial charge in [-0.1, -0.05) is 38.8 Å². The van der Waals surface area contributed by atoms with E-state index in [1.54, 1.807) is 23.4 Å². The fourth-order valence-electron chi connectivity index (χ4n) is 0.624. The van der Waals surface area contributed by atoms with Gasteiger partial charge in [-0.3, -0.25) is 4.99 Å². The van der Waals surface area contributed by atoms with Crippen molar-refractivity contribution in [1.29, 1.82) is 0 Å². The van der Waals surface area contributed by atoms with Crippen LogP contribution in [0.15, 0.2) is 29.8 Å². The normalized spacial score (nSPS) is 14.2. The molecule has 0 aliphatic rings. The molecule has 0 saturated heterocycles. The first-order valence-electron chi connectivity index (χ1n) is 3.72. The third kappa shape index (κ3) is 4.04. The van der Waals surface area contributed by atoms with Gasteiger partial charge in [-0.05, 0) is 11.8 Å². The standard InChI is InChI=1S/C9H15NS/c1-5-8(4)9(10-6-2)11-7-3/h6-8H,2-3,5H2,1,4H3/b10-9-. The van der Waals surface area contributed by atoms with Crippen molar-refractivity contribution in [2.75, 3.05) is 0 Å². The summed E-state index contributed by atoms with van der Waals surface area (Å²) in [5, 5.41) is 2.90. The lowest BCUT2D eigenvalue weighted by atomic mass is 10.1. The van der Waals surface area contributed by atoms with Crippen LogP contribution in [0.2, 0.25) is 0 Å². The summed E-state index contributed by atoms with van der Waals surface area (Å²) in [6.07, 6.45) is 2.69. The molecule has 0 aromatic rings. The molecule has 0 aromatic carbocycles. The highest BCUT2D eigenvalue weighted by molar-refractivity contribution is 8.16. The summed E-state index contributed by atoms with van der Waals surface area (Å²) >= 11 is 1.58. The smallest absolute Gasteiger partial charge is 0.0800 e. The maximum Gasteiger partial charge on any atom is 0.0800 e. The first kappa shape index (κ1) is 10.5. The van der Waals surface area contributed by atoms with Gasteiger partial charge in [-0.15, -0.1) is 0 Å². The molecule has 2 heteroatoms. The van der Waals surface area contributed by atoms with Gasteiger partial charge in [0.1, 0.15) is 0 Å². The first-order valence-corrected chi connectivity index (χ1v) is 4.60. The van der Waals surface area contributed by atoms with E-state index in [9.17, 15) is 0 Å². The zero-order valence-corrected chi connectivity index (χ0v) is 8.03. The van der Waals surface area contributed by atoms with Crippen LogP contribution in [-0.4, -0.2) is 5.04 Å². The molecule has 11 heavy (non-hydrogen) atoms. The van der Waals surface area contributed by atoms with Gasteiger partial charge in [0.05, 0.1) is 5.04 Å². The molecule has 1 nitrogen and oxygen atoms in total. The van der Waals surface area contributed by atoms with Crippen LogP contribution >= 0.6 is 11.8 Å². The van der Waals surface area contributed by atoms with Gasteiger partial charge in [0.2, 0.25) is 0 Å². The van der Waals surface area contributed by atoms with Crippen molar-refractivity contribution in [2.45, 2.75) is 20.3 Å². The topological polar surface area (TPSA) is 12.4 Å². The molecule has 0 heterocycles. The number of thioether (sulfide) groups is 1. The number of rotatable bonds is 4. The Labute approximate surface area is 73.3 Å². The van der Waals surface area contributed by atoms with Crippen LogP contribution < -0.4 is 0 Å². The van der Waals surface area contributed by atoms with E-state index in [1.165, 1.54) is 0 Å². The van der Waals surface area contributed by atoms with Gasteiger partial charge in [0, 0.05) is 12.1 Å². The van der Waals surface area contributed by atoms with Crippen LogP contribution in [0.4, 0.5) is 0 Å². The lowest BCUT2D eigenvalue weighted by Crippen LogP contribution is -2.03. The molecule has 0 aliphatic carbocycles. The van der Waals surface area contributed by atoms with E-state index in [2.05, 4.69) is 32.0 Å². The van der Waals surface area contributed by atoms with Gasteiger partial charge in [-0.25, -0.2) is 0 Å². The summed E-state index contributed by atoms with van der Waals surface area (Å²) in [7, 11) is 0. The van der Waals surface area contributed by atoms with E-state index >= 15 is 0 Å². The van der Waals surface area contributed by atoms with Gasteiger partial charge < -0.3 is 0 Å². The van der Waals surface area contributed by atoms with Crippen molar-refractivity contribution in [3.8, 4) is 0 Å². The minimum absolute atomic E-state index is 0.510. The molecule has 0 amide bonds. The molecule has 0 aromatic heterocycles. The van der Waals surface area contributed by atoms with Gasteiger partial charge in [0.15, 0.2) is 0 Å². The van der Waals surface area contributed by atoms with Crippen molar-refractivity contribution in [3.05, 3.63) is 24.8 Å². The zero-order valence-electron chi connectivity index (χ0n) is 7.21. The molecule has 1 unspecified atom stereocenters. The van der Waals surface area contributed by atoms with Crippen molar-refractivity contribution < 1.29 is 0 Å². The quantitative estimate of drug-likeness (QED) is 0.464. The Morgan fingerprint density at radius 1 is 1.64 bits per heavy atom. The Kier molecular flexibility index (Phi) is 5.94. The Morgan fingerprint density at radius 3 is 2.64 bits per heavy atom. The number of nitrogens with zero attached hydrogens (tertiary/aromatic N) is 1. The summed E-state index contributed by atoms with van der Waals surface area (Å²) in [6.45, 7) is 11.5. The van der Waals surface area contributed by atoms with Gasteiger partial charge in [0.25, 0.3) is 0 Å². The Bertz CT molecular complexity index is 161. The summed E-state index contributed by atoms with van der Waals surface area (Å²) in [5.41, 5.74) is 0. The molecule has 0 radical (unpaired) electrons. The summed E-state index contributed by atoms with van der Waals surface area (Å²) in [6, 6.07) is 0. The van der Waals surface area contributed by atoms with Crippen LogP contribution in [0.3, 0.4) is 0 Å². The fourth-order valence-corrected chi connectivity index (χ4v) is 1.33. The van der Waals surface area contributed by atoms with Crippen LogP contribution in [0.25, 0.3) is 0 Å². The van der Waals surface area contributed by atoms with E-state index < -0.39 is 0 Å². The molecule has 1 atom stereocenters. The van der Waals surface area contributed by atoms with E-state index in [-0.39, 0.29) is 0 Å². The minimum atomic E-state index is 0.510. The third-order valence-corrected chi connectivity index (χ3v) is 2.37. The monoisotopic (exact) mass is 169 g/mol. The lowest BCUT2D eigenvalue weighted by Gasteiger charge is -2.08. The molecular formula is C9H15NS. The van der Waals surface area contributed by atoms with Crippen LogP contribution in [0.5, 0.6) is 0 Å². The van der Waals surface area contributed by atoms with Gasteiger partial charge >= 0.3 is 0 Å². The van der Waals surface area contributed by atoms with E-state index in [0.29, 0.717) is 5.92 Å². The third-order valence-electron chi connectivity index (χ3n) is 1.46.